The van der Waals surface area contributed by atoms with Crippen LogP contribution in [0.2, 0.25) is 0 Å². The summed E-state index contributed by atoms with van der Waals surface area (Å²) in [6.07, 6.45) is -0.839. The van der Waals surface area contributed by atoms with Crippen molar-refractivity contribution >= 4 is 17.7 Å². The lowest BCUT2D eigenvalue weighted by Crippen LogP contribution is -2.57. The first-order chi connectivity index (χ1) is 13.9. The van der Waals surface area contributed by atoms with Crippen LogP contribution in [0, 0.1) is 0 Å². The van der Waals surface area contributed by atoms with E-state index in [0.29, 0.717) is 0 Å². The summed E-state index contributed by atoms with van der Waals surface area (Å²) in [5.41, 5.74) is 1.76. The Bertz CT molecular complexity index is 809. The summed E-state index contributed by atoms with van der Waals surface area (Å²) in [7, 11) is 0. The van der Waals surface area contributed by atoms with E-state index in [0.717, 1.165) is 11.1 Å². The topological polar surface area (TPSA) is 108 Å². The van der Waals surface area contributed by atoms with Gasteiger partial charge in [-0.2, -0.15) is 0 Å². The molecule has 0 heterocycles. The molecule has 0 saturated heterocycles. The van der Waals surface area contributed by atoms with Crippen LogP contribution in [0.25, 0.3) is 0 Å². The summed E-state index contributed by atoms with van der Waals surface area (Å²) in [4.78, 5) is 36.8. The lowest BCUT2D eigenvalue weighted by molar-refractivity contribution is -0.133. The number of hydrogen-bond donors (Lipinski definition) is 4. The second kappa shape index (κ2) is 11.0. The minimum absolute atomic E-state index is 0.268. The normalized spacial score (nSPS) is 13.6. The van der Waals surface area contributed by atoms with Gasteiger partial charge in [0.15, 0.2) is 0 Å². The molecule has 0 aliphatic rings. The number of amides is 3. The van der Waals surface area contributed by atoms with Gasteiger partial charge >= 0.3 is 0 Å². The maximum Gasteiger partial charge on any atom is 0.245 e. The SMILES string of the molecule is CC(=O)N[C@@H](Cc1ccccc1)C(=O)N[C@H](C(=O)NCc1ccccc1)[C@@H](C)O. The number of hydrogen-bond acceptors (Lipinski definition) is 4. The molecule has 0 radical (unpaired) electrons. The van der Waals surface area contributed by atoms with Gasteiger partial charge < -0.3 is 21.1 Å². The molecule has 4 N–H and O–H groups in total. The van der Waals surface area contributed by atoms with Gasteiger partial charge in [0.05, 0.1) is 6.10 Å². The van der Waals surface area contributed by atoms with Gasteiger partial charge in [-0.25, -0.2) is 0 Å². The monoisotopic (exact) mass is 397 g/mol. The minimum atomic E-state index is -1.14. The second-order valence-electron chi connectivity index (χ2n) is 6.87. The molecule has 7 nitrogen and oxygen atoms in total. The number of nitrogens with one attached hydrogen (secondary N) is 3. The van der Waals surface area contributed by atoms with Crippen LogP contribution in [0.1, 0.15) is 25.0 Å². The molecule has 29 heavy (non-hydrogen) atoms. The van der Waals surface area contributed by atoms with E-state index in [-0.39, 0.29) is 18.9 Å². The van der Waals surface area contributed by atoms with Crippen LogP contribution in [-0.4, -0.2) is 41.0 Å². The highest BCUT2D eigenvalue weighted by molar-refractivity contribution is 5.92. The summed E-state index contributed by atoms with van der Waals surface area (Å²) in [6.45, 7) is 3.03. The minimum Gasteiger partial charge on any atom is -0.391 e. The van der Waals surface area contributed by atoms with Gasteiger partial charge in [-0.15, -0.1) is 0 Å². The van der Waals surface area contributed by atoms with E-state index in [1.807, 2.05) is 60.7 Å². The molecule has 0 aliphatic carbocycles. The van der Waals surface area contributed by atoms with Crippen molar-refractivity contribution in [3.63, 3.8) is 0 Å². The fraction of sp³-hybridized carbons (Fsp3) is 0.318. The molecule has 3 amide bonds. The van der Waals surface area contributed by atoms with E-state index in [1.54, 1.807) is 0 Å². The average molecular weight is 397 g/mol. The van der Waals surface area contributed by atoms with Crippen LogP contribution in [-0.2, 0) is 27.3 Å². The zero-order valence-electron chi connectivity index (χ0n) is 16.6. The van der Waals surface area contributed by atoms with Crippen molar-refractivity contribution < 1.29 is 19.5 Å². The Hall–Kier alpha value is -3.19. The van der Waals surface area contributed by atoms with Crippen molar-refractivity contribution in [2.45, 2.75) is 45.0 Å². The average Bonchev–Trinajstić information content (AvgIpc) is 2.70. The fourth-order valence-corrected chi connectivity index (χ4v) is 2.86. The Labute approximate surface area is 170 Å². The zero-order valence-corrected chi connectivity index (χ0v) is 16.6. The molecular weight excluding hydrogens is 370 g/mol. The first kappa shape index (κ1) is 22.1. The van der Waals surface area contributed by atoms with Gasteiger partial charge in [0.1, 0.15) is 12.1 Å². The Balaban J connectivity index is 2.04. The standard InChI is InChI=1S/C22H27N3O4/c1-15(26)20(22(29)23-14-18-11-7-4-8-12-18)25-21(28)19(24-16(2)27)13-17-9-5-3-6-10-17/h3-12,15,19-20,26H,13-14H2,1-2H3,(H,23,29)(H,24,27)(H,25,28)/t15-,19+,20+/m1/s1. The van der Waals surface area contributed by atoms with Gasteiger partial charge in [-0.1, -0.05) is 60.7 Å². The highest BCUT2D eigenvalue weighted by Crippen LogP contribution is 2.05. The van der Waals surface area contributed by atoms with E-state index < -0.39 is 30.0 Å². The second-order valence-corrected chi connectivity index (χ2v) is 6.87. The van der Waals surface area contributed by atoms with Crippen molar-refractivity contribution in [1.29, 1.82) is 0 Å². The summed E-state index contributed by atoms with van der Waals surface area (Å²) in [5, 5.41) is 17.9. The van der Waals surface area contributed by atoms with E-state index >= 15 is 0 Å². The smallest absolute Gasteiger partial charge is 0.245 e. The molecule has 2 aromatic carbocycles. The van der Waals surface area contributed by atoms with E-state index in [1.165, 1.54) is 13.8 Å². The summed E-state index contributed by atoms with van der Waals surface area (Å²) < 4.78 is 0. The summed E-state index contributed by atoms with van der Waals surface area (Å²) in [5.74, 6) is -1.40. The molecule has 0 spiro atoms. The molecule has 0 saturated carbocycles. The Morgan fingerprint density at radius 2 is 1.41 bits per heavy atom. The first-order valence-corrected chi connectivity index (χ1v) is 9.48. The lowest BCUT2D eigenvalue weighted by atomic mass is 10.0. The fourth-order valence-electron chi connectivity index (χ4n) is 2.86. The van der Waals surface area contributed by atoms with Gasteiger partial charge in [0, 0.05) is 19.9 Å². The van der Waals surface area contributed by atoms with Crippen molar-refractivity contribution in [2.75, 3.05) is 0 Å². The van der Waals surface area contributed by atoms with Crippen molar-refractivity contribution in [3.8, 4) is 0 Å². The highest BCUT2D eigenvalue weighted by Gasteiger charge is 2.29. The van der Waals surface area contributed by atoms with Crippen LogP contribution >= 0.6 is 0 Å². The van der Waals surface area contributed by atoms with E-state index in [4.69, 9.17) is 0 Å². The van der Waals surface area contributed by atoms with Crippen molar-refractivity contribution in [3.05, 3.63) is 71.8 Å². The van der Waals surface area contributed by atoms with Crippen LogP contribution < -0.4 is 16.0 Å². The third-order valence-electron chi connectivity index (χ3n) is 4.35. The maximum absolute atomic E-state index is 12.8. The van der Waals surface area contributed by atoms with Gasteiger partial charge in [-0.3, -0.25) is 14.4 Å². The first-order valence-electron chi connectivity index (χ1n) is 9.48. The number of benzene rings is 2. The Kier molecular flexibility index (Phi) is 8.36. The Morgan fingerprint density at radius 3 is 1.93 bits per heavy atom. The molecule has 0 unspecified atom stereocenters. The maximum atomic E-state index is 12.8. The molecule has 154 valence electrons. The third kappa shape index (κ3) is 7.38. The molecule has 0 aliphatic heterocycles. The van der Waals surface area contributed by atoms with E-state index in [9.17, 15) is 19.5 Å². The molecule has 2 rings (SSSR count). The number of carbonyl (C=O) groups excluding carboxylic acids is 3. The quantitative estimate of drug-likeness (QED) is 0.505. The Morgan fingerprint density at radius 1 is 0.862 bits per heavy atom. The predicted molar refractivity (Wildman–Crippen MR) is 110 cm³/mol. The van der Waals surface area contributed by atoms with Gasteiger partial charge in [-0.05, 0) is 18.1 Å². The number of carbonyl (C=O) groups is 3. The molecule has 0 aromatic heterocycles. The molecule has 0 fully saturated rings. The van der Waals surface area contributed by atoms with Gasteiger partial charge in [0.25, 0.3) is 0 Å². The largest absolute Gasteiger partial charge is 0.391 e. The highest BCUT2D eigenvalue weighted by atomic mass is 16.3. The van der Waals surface area contributed by atoms with E-state index in [2.05, 4.69) is 16.0 Å². The number of aliphatic hydroxyl groups is 1. The van der Waals surface area contributed by atoms with Crippen molar-refractivity contribution in [1.82, 2.24) is 16.0 Å². The van der Waals surface area contributed by atoms with Crippen LogP contribution in [0.4, 0.5) is 0 Å². The molecule has 7 heteroatoms. The molecule has 2 aromatic rings. The van der Waals surface area contributed by atoms with Crippen LogP contribution in [0.5, 0.6) is 0 Å². The number of rotatable bonds is 9. The molecule has 3 atom stereocenters. The van der Waals surface area contributed by atoms with Gasteiger partial charge in [0.2, 0.25) is 17.7 Å². The third-order valence-corrected chi connectivity index (χ3v) is 4.35. The summed E-state index contributed by atoms with van der Waals surface area (Å²) in [6, 6.07) is 16.6. The number of aliphatic hydroxyl groups excluding tert-OH is 1. The molecule has 0 bridgehead atoms. The van der Waals surface area contributed by atoms with Crippen LogP contribution in [0.3, 0.4) is 0 Å². The summed E-state index contributed by atoms with van der Waals surface area (Å²) >= 11 is 0. The predicted octanol–water partition coefficient (Wildman–Crippen LogP) is 0.916. The van der Waals surface area contributed by atoms with Crippen LogP contribution in [0.15, 0.2) is 60.7 Å². The zero-order chi connectivity index (χ0) is 21.2. The van der Waals surface area contributed by atoms with Crippen molar-refractivity contribution in [2.24, 2.45) is 0 Å². The molecular formula is C22H27N3O4. The lowest BCUT2D eigenvalue weighted by Gasteiger charge is -2.24.